The van der Waals surface area contributed by atoms with E-state index in [1.807, 2.05) is 47.4 Å². The zero-order valence-corrected chi connectivity index (χ0v) is 16.5. The first-order chi connectivity index (χ1) is 14.1. The summed E-state index contributed by atoms with van der Waals surface area (Å²) in [5.41, 5.74) is 3.60. The van der Waals surface area contributed by atoms with Gasteiger partial charge in [0, 0.05) is 30.8 Å². The molecule has 4 rings (SSSR count). The molecule has 0 saturated carbocycles. The predicted octanol–water partition coefficient (Wildman–Crippen LogP) is 3.86. The summed E-state index contributed by atoms with van der Waals surface area (Å²) in [7, 11) is 0. The summed E-state index contributed by atoms with van der Waals surface area (Å²) in [5, 5.41) is 8.93. The fraction of sp³-hybridized carbons (Fsp3) is 0.391. The number of anilines is 2. The van der Waals surface area contributed by atoms with Crippen LogP contribution in [0.4, 0.5) is 11.4 Å². The lowest BCUT2D eigenvalue weighted by molar-refractivity contribution is -0.136. The van der Waals surface area contributed by atoms with Crippen molar-refractivity contribution in [1.29, 1.82) is 0 Å². The Morgan fingerprint density at radius 1 is 1.00 bits per heavy atom. The van der Waals surface area contributed by atoms with Crippen LogP contribution in [0.25, 0.3) is 0 Å². The average Bonchev–Trinajstić information content (AvgIpc) is 2.77. The summed E-state index contributed by atoms with van der Waals surface area (Å²) in [5.74, 6) is -0.00281. The predicted molar refractivity (Wildman–Crippen MR) is 111 cm³/mol. The van der Waals surface area contributed by atoms with Crippen molar-refractivity contribution in [3.05, 3.63) is 53.6 Å². The first kappa shape index (κ1) is 19.3. The number of aliphatic carboxylic acids is 1. The molecule has 152 valence electrons. The molecular formula is C23H26N2O4. The Kier molecular flexibility index (Phi) is 5.69. The number of benzene rings is 2. The maximum Gasteiger partial charge on any atom is 0.303 e. The molecule has 0 aromatic heterocycles. The minimum absolute atomic E-state index is 0.0730. The van der Waals surface area contributed by atoms with Crippen molar-refractivity contribution in [2.75, 3.05) is 31.1 Å². The number of amides is 1. The summed E-state index contributed by atoms with van der Waals surface area (Å²) < 4.78 is 5.87. The molecule has 6 heteroatoms. The van der Waals surface area contributed by atoms with Gasteiger partial charge in [0.15, 0.2) is 0 Å². The first-order valence-corrected chi connectivity index (χ1v) is 10.3. The first-order valence-electron chi connectivity index (χ1n) is 10.3. The summed E-state index contributed by atoms with van der Waals surface area (Å²) in [6, 6.07) is 13.6. The van der Waals surface area contributed by atoms with E-state index in [0.29, 0.717) is 25.1 Å². The van der Waals surface area contributed by atoms with Gasteiger partial charge in [-0.3, -0.25) is 9.59 Å². The molecule has 0 aliphatic carbocycles. The molecule has 2 aromatic rings. The summed E-state index contributed by atoms with van der Waals surface area (Å²) in [6.45, 7) is 2.89. The molecular weight excluding hydrogens is 368 g/mol. The van der Waals surface area contributed by atoms with Gasteiger partial charge in [-0.2, -0.15) is 0 Å². The molecule has 6 nitrogen and oxygen atoms in total. The van der Waals surface area contributed by atoms with Crippen molar-refractivity contribution in [3.8, 4) is 5.75 Å². The molecule has 29 heavy (non-hydrogen) atoms. The van der Waals surface area contributed by atoms with Crippen LogP contribution >= 0.6 is 0 Å². The van der Waals surface area contributed by atoms with E-state index in [2.05, 4.69) is 4.90 Å². The van der Waals surface area contributed by atoms with Gasteiger partial charge in [0.2, 0.25) is 0 Å². The number of ether oxygens (including phenoxy) is 1. The van der Waals surface area contributed by atoms with Crippen LogP contribution in [0.3, 0.4) is 0 Å². The van der Waals surface area contributed by atoms with Crippen LogP contribution in [0.15, 0.2) is 42.5 Å². The summed E-state index contributed by atoms with van der Waals surface area (Å²) in [4.78, 5) is 27.8. The number of rotatable bonds is 5. The number of carbonyl (C=O) groups excluding carboxylic acids is 1. The minimum Gasteiger partial charge on any atom is -0.490 e. The molecule has 1 fully saturated rings. The van der Waals surface area contributed by atoms with E-state index >= 15 is 0 Å². The Morgan fingerprint density at radius 3 is 2.62 bits per heavy atom. The van der Waals surface area contributed by atoms with Gasteiger partial charge in [-0.25, -0.2) is 0 Å². The molecule has 2 aromatic carbocycles. The Hall–Kier alpha value is -3.02. The number of carbonyl (C=O) groups is 2. The maximum atomic E-state index is 12.8. The smallest absolute Gasteiger partial charge is 0.303 e. The van der Waals surface area contributed by atoms with Gasteiger partial charge in [0.1, 0.15) is 12.4 Å². The third-order valence-corrected chi connectivity index (χ3v) is 5.56. The quantitative estimate of drug-likeness (QED) is 0.834. The van der Waals surface area contributed by atoms with Crippen LogP contribution in [0.5, 0.6) is 5.75 Å². The van der Waals surface area contributed by atoms with E-state index in [-0.39, 0.29) is 12.3 Å². The molecule has 1 saturated heterocycles. The number of likely N-dealkylation sites (tertiary alicyclic amines) is 1. The highest BCUT2D eigenvalue weighted by Crippen LogP contribution is 2.37. The number of carboxylic acid groups (broad SMARTS) is 1. The molecule has 0 bridgehead atoms. The standard InChI is InChI=1S/C23H26N2O4/c26-22(27)10-7-17-5-4-6-19(15-17)25-13-14-29-21-16-18(8-9-20(21)25)23(28)24-11-2-1-3-12-24/h4-6,8-9,15-16H,1-3,7,10-14H2,(H,26,27). The van der Waals surface area contributed by atoms with Gasteiger partial charge in [0.25, 0.3) is 5.91 Å². The molecule has 0 unspecified atom stereocenters. The SMILES string of the molecule is O=C(O)CCc1cccc(N2CCOc3cc(C(=O)N4CCCCC4)ccc32)c1. The van der Waals surface area contributed by atoms with Crippen LogP contribution in [-0.4, -0.2) is 48.1 Å². The molecule has 0 atom stereocenters. The highest BCUT2D eigenvalue weighted by molar-refractivity contribution is 5.95. The molecule has 2 aliphatic rings. The molecule has 2 heterocycles. The minimum atomic E-state index is -0.793. The number of nitrogens with zero attached hydrogens (tertiary/aromatic N) is 2. The van der Waals surface area contributed by atoms with E-state index in [1.165, 1.54) is 6.42 Å². The average molecular weight is 394 g/mol. The number of fused-ring (bicyclic) bond motifs is 1. The molecule has 2 aliphatic heterocycles. The van der Waals surface area contributed by atoms with Crippen LogP contribution in [0.2, 0.25) is 0 Å². The second kappa shape index (κ2) is 8.55. The monoisotopic (exact) mass is 394 g/mol. The fourth-order valence-electron chi connectivity index (χ4n) is 4.03. The normalized spacial score (nSPS) is 16.1. The lowest BCUT2D eigenvalue weighted by atomic mass is 10.1. The summed E-state index contributed by atoms with van der Waals surface area (Å²) in [6.07, 6.45) is 3.95. The number of hydrogen-bond donors (Lipinski definition) is 1. The molecule has 0 spiro atoms. The second-order valence-electron chi connectivity index (χ2n) is 7.60. The second-order valence-corrected chi connectivity index (χ2v) is 7.60. The summed E-state index contributed by atoms with van der Waals surface area (Å²) >= 11 is 0. The van der Waals surface area contributed by atoms with E-state index in [1.54, 1.807) is 0 Å². The third-order valence-electron chi connectivity index (χ3n) is 5.56. The number of hydrogen-bond acceptors (Lipinski definition) is 4. The Balaban J connectivity index is 1.56. The lowest BCUT2D eigenvalue weighted by Crippen LogP contribution is -2.35. The van der Waals surface area contributed by atoms with Gasteiger partial charge in [-0.15, -0.1) is 0 Å². The van der Waals surface area contributed by atoms with Gasteiger partial charge < -0.3 is 19.6 Å². The van der Waals surface area contributed by atoms with Crippen molar-refractivity contribution < 1.29 is 19.4 Å². The highest BCUT2D eigenvalue weighted by atomic mass is 16.5. The van der Waals surface area contributed by atoms with Crippen LogP contribution in [0, 0.1) is 0 Å². The van der Waals surface area contributed by atoms with Crippen LogP contribution in [-0.2, 0) is 11.2 Å². The Morgan fingerprint density at radius 2 is 1.83 bits per heavy atom. The van der Waals surface area contributed by atoms with E-state index in [0.717, 1.165) is 48.6 Å². The lowest BCUT2D eigenvalue weighted by Gasteiger charge is -2.32. The molecule has 1 N–H and O–H groups in total. The Bertz CT molecular complexity index is 906. The maximum absolute atomic E-state index is 12.8. The highest BCUT2D eigenvalue weighted by Gasteiger charge is 2.24. The zero-order chi connectivity index (χ0) is 20.2. The van der Waals surface area contributed by atoms with Crippen molar-refractivity contribution in [2.24, 2.45) is 0 Å². The van der Waals surface area contributed by atoms with Crippen LogP contribution in [0.1, 0.15) is 41.6 Å². The fourth-order valence-corrected chi connectivity index (χ4v) is 4.03. The van der Waals surface area contributed by atoms with E-state index in [4.69, 9.17) is 9.84 Å². The van der Waals surface area contributed by atoms with E-state index in [9.17, 15) is 9.59 Å². The number of piperidine rings is 1. The van der Waals surface area contributed by atoms with Gasteiger partial charge in [-0.05, 0) is 61.6 Å². The van der Waals surface area contributed by atoms with Gasteiger partial charge in [0.05, 0.1) is 12.2 Å². The number of carboxylic acids is 1. The zero-order valence-electron chi connectivity index (χ0n) is 16.5. The van der Waals surface area contributed by atoms with Gasteiger partial charge in [-0.1, -0.05) is 12.1 Å². The van der Waals surface area contributed by atoms with Crippen LogP contribution < -0.4 is 9.64 Å². The molecule has 0 radical (unpaired) electrons. The van der Waals surface area contributed by atoms with Crippen molar-refractivity contribution in [3.63, 3.8) is 0 Å². The van der Waals surface area contributed by atoms with Crippen molar-refractivity contribution in [2.45, 2.75) is 32.1 Å². The van der Waals surface area contributed by atoms with Crippen molar-refractivity contribution >= 4 is 23.3 Å². The van der Waals surface area contributed by atoms with E-state index < -0.39 is 5.97 Å². The molecule has 1 amide bonds. The third kappa shape index (κ3) is 4.36. The van der Waals surface area contributed by atoms with Crippen molar-refractivity contribution in [1.82, 2.24) is 4.90 Å². The number of aryl methyl sites for hydroxylation is 1. The Labute approximate surface area is 170 Å². The van der Waals surface area contributed by atoms with Gasteiger partial charge >= 0.3 is 5.97 Å². The topological polar surface area (TPSA) is 70.1 Å². The largest absolute Gasteiger partial charge is 0.490 e.